The van der Waals surface area contributed by atoms with Crippen molar-refractivity contribution in [3.8, 4) is 0 Å². The second-order valence-corrected chi connectivity index (χ2v) is 8.70. The number of halogens is 2. The molecule has 0 aromatic heterocycles. The maximum absolute atomic E-state index is 12.5. The van der Waals surface area contributed by atoms with Gasteiger partial charge in [-0.05, 0) is 59.5 Å². The van der Waals surface area contributed by atoms with Gasteiger partial charge >= 0.3 is 0 Å². The Morgan fingerprint density at radius 3 is 1.80 bits per heavy atom. The molecule has 4 nitrogen and oxygen atoms in total. The minimum atomic E-state index is -0.363. The van der Waals surface area contributed by atoms with Crippen LogP contribution in [0.2, 0.25) is 10.0 Å². The van der Waals surface area contributed by atoms with Crippen LogP contribution in [-0.2, 0) is 5.41 Å². The van der Waals surface area contributed by atoms with Crippen LogP contribution in [0, 0.1) is 0 Å². The average Bonchev–Trinajstić information content (AvgIpc) is 2.71. The van der Waals surface area contributed by atoms with Crippen LogP contribution < -0.4 is 10.6 Å². The highest BCUT2D eigenvalue weighted by atomic mass is 35.5. The summed E-state index contributed by atoms with van der Waals surface area (Å²) in [6.45, 7) is 6.38. The third-order valence-electron chi connectivity index (χ3n) is 4.61. The molecule has 0 fully saturated rings. The van der Waals surface area contributed by atoms with Crippen molar-refractivity contribution in [3.63, 3.8) is 0 Å². The molecular weight excluding hydrogens is 419 g/mol. The predicted molar refractivity (Wildman–Crippen MR) is 124 cm³/mol. The quantitative estimate of drug-likeness (QED) is 0.468. The molecule has 0 spiro atoms. The Morgan fingerprint density at radius 2 is 1.27 bits per heavy atom. The molecular formula is C24H22Cl2N2O2. The molecule has 0 atom stereocenters. The number of carbonyl (C=O) groups is 2. The molecule has 0 aliphatic heterocycles. The zero-order valence-electron chi connectivity index (χ0n) is 16.9. The SMILES string of the molecule is CC(C)(C)c1ccc(C(=O)Nc2ccc(NC(=O)c3cccc(Cl)c3Cl)cc2)cc1. The third kappa shape index (κ3) is 5.21. The number of hydrogen-bond donors (Lipinski definition) is 2. The van der Waals surface area contributed by atoms with Crippen LogP contribution in [0.15, 0.2) is 66.7 Å². The number of rotatable bonds is 4. The molecule has 0 unspecified atom stereocenters. The van der Waals surface area contributed by atoms with Crippen LogP contribution in [0.4, 0.5) is 11.4 Å². The molecule has 0 saturated carbocycles. The first-order valence-corrected chi connectivity index (χ1v) is 10.2. The van der Waals surface area contributed by atoms with Gasteiger partial charge in [0.1, 0.15) is 0 Å². The fourth-order valence-corrected chi connectivity index (χ4v) is 3.23. The fourth-order valence-electron chi connectivity index (χ4n) is 2.84. The van der Waals surface area contributed by atoms with Crippen LogP contribution in [0.5, 0.6) is 0 Å². The number of amides is 2. The van der Waals surface area contributed by atoms with Crippen molar-refractivity contribution >= 4 is 46.4 Å². The van der Waals surface area contributed by atoms with Crippen molar-refractivity contribution < 1.29 is 9.59 Å². The lowest BCUT2D eigenvalue weighted by molar-refractivity contribution is 0.101. The maximum atomic E-state index is 12.5. The van der Waals surface area contributed by atoms with Crippen LogP contribution in [0.3, 0.4) is 0 Å². The van der Waals surface area contributed by atoms with E-state index in [9.17, 15) is 9.59 Å². The van der Waals surface area contributed by atoms with E-state index in [-0.39, 0.29) is 22.3 Å². The Bertz CT molecular complexity index is 1070. The molecule has 6 heteroatoms. The smallest absolute Gasteiger partial charge is 0.257 e. The lowest BCUT2D eigenvalue weighted by Crippen LogP contribution is -2.14. The number of nitrogens with one attached hydrogen (secondary N) is 2. The molecule has 0 aliphatic rings. The lowest BCUT2D eigenvalue weighted by Gasteiger charge is -2.19. The number of benzene rings is 3. The summed E-state index contributed by atoms with van der Waals surface area (Å²) in [6.07, 6.45) is 0. The van der Waals surface area contributed by atoms with E-state index in [1.807, 2.05) is 24.3 Å². The molecule has 154 valence electrons. The van der Waals surface area contributed by atoms with Gasteiger partial charge < -0.3 is 10.6 Å². The molecule has 3 aromatic rings. The van der Waals surface area contributed by atoms with E-state index in [0.29, 0.717) is 27.5 Å². The minimum absolute atomic E-state index is 0.0323. The first-order chi connectivity index (χ1) is 14.1. The molecule has 2 amide bonds. The van der Waals surface area contributed by atoms with Crippen molar-refractivity contribution in [1.82, 2.24) is 0 Å². The highest BCUT2D eigenvalue weighted by Crippen LogP contribution is 2.26. The van der Waals surface area contributed by atoms with E-state index in [1.54, 1.807) is 42.5 Å². The Hall–Kier alpha value is -2.82. The molecule has 3 aromatic carbocycles. The molecule has 0 heterocycles. The van der Waals surface area contributed by atoms with Gasteiger partial charge in [0.15, 0.2) is 0 Å². The van der Waals surface area contributed by atoms with E-state index in [2.05, 4.69) is 31.4 Å². The highest BCUT2D eigenvalue weighted by Gasteiger charge is 2.15. The molecule has 0 bridgehead atoms. The summed E-state index contributed by atoms with van der Waals surface area (Å²) in [5.74, 6) is -0.559. The average molecular weight is 441 g/mol. The molecule has 3 rings (SSSR count). The van der Waals surface area contributed by atoms with E-state index < -0.39 is 0 Å². The third-order valence-corrected chi connectivity index (χ3v) is 5.43. The van der Waals surface area contributed by atoms with E-state index in [4.69, 9.17) is 23.2 Å². The van der Waals surface area contributed by atoms with Crippen molar-refractivity contribution in [1.29, 1.82) is 0 Å². The Balaban J connectivity index is 1.65. The summed E-state index contributed by atoms with van der Waals surface area (Å²) in [5.41, 5.74) is 3.27. The monoisotopic (exact) mass is 440 g/mol. The fraction of sp³-hybridized carbons (Fsp3) is 0.167. The summed E-state index contributed by atoms with van der Waals surface area (Å²) in [6, 6.07) is 19.3. The van der Waals surface area contributed by atoms with E-state index in [1.165, 1.54) is 5.56 Å². The Labute approximate surface area is 186 Å². The van der Waals surface area contributed by atoms with Crippen LogP contribution in [0.1, 0.15) is 47.1 Å². The molecule has 0 radical (unpaired) electrons. The normalized spacial score (nSPS) is 11.1. The lowest BCUT2D eigenvalue weighted by atomic mass is 9.87. The Kier molecular flexibility index (Phi) is 6.49. The predicted octanol–water partition coefficient (Wildman–Crippen LogP) is 6.80. The Morgan fingerprint density at radius 1 is 0.733 bits per heavy atom. The van der Waals surface area contributed by atoms with Crippen LogP contribution in [-0.4, -0.2) is 11.8 Å². The van der Waals surface area contributed by atoms with Gasteiger partial charge in [0.25, 0.3) is 11.8 Å². The summed E-state index contributed by atoms with van der Waals surface area (Å²) in [7, 11) is 0. The minimum Gasteiger partial charge on any atom is -0.322 e. The molecule has 0 saturated heterocycles. The standard InChI is InChI=1S/C24H22Cl2N2O2/c1-24(2,3)16-9-7-15(8-10-16)22(29)27-17-11-13-18(14-12-17)28-23(30)19-5-4-6-20(25)21(19)26/h4-14H,1-3H3,(H,27,29)(H,28,30). The number of anilines is 2. The molecule has 0 aliphatic carbocycles. The van der Waals surface area contributed by atoms with Gasteiger partial charge in [-0.25, -0.2) is 0 Å². The van der Waals surface area contributed by atoms with Gasteiger partial charge in [0, 0.05) is 16.9 Å². The second-order valence-electron chi connectivity index (χ2n) is 7.91. The second kappa shape index (κ2) is 8.90. The van der Waals surface area contributed by atoms with Gasteiger partial charge in [-0.15, -0.1) is 0 Å². The van der Waals surface area contributed by atoms with Gasteiger partial charge in [0.05, 0.1) is 15.6 Å². The topological polar surface area (TPSA) is 58.2 Å². The summed E-state index contributed by atoms with van der Waals surface area (Å²) in [4.78, 5) is 24.9. The number of carbonyl (C=O) groups excluding carboxylic acids is 2. The zero-order valence-corrected chi connectivity index (χ0v) is 18.4. The number of hydrogen-bond acceptors (Lipinski definition) is 2. The first kappa shape index (κ1) is 21.9. The molecule has 2 N–H and O–H groups in total. The summed E-state index contributed by atoms with van der Waals surface area (Å²) in [5, 5.41) is 6.14. The summed E-state index contributed by atoms with van der Waals surface area (Å²) >= 11 is 12.0. The van der Waals surface area contributed by atoms with Crippen molar-refractivity contribution in [2.45, 2.75) is 26.2 Å². The van der Waals surface area contributed by atoms with Crippen LogP contribution in [0.25, 0.3) is 0 Å². The van der Waals surface area contributed by atoms with Crippen molar-refractivity contribution in [2.75, 3.05) is 10.6 Å². The molecule has 30 heavy (non-hydrogen) atoms. The first-order valence-electron chi connectivity index (χ1n) is 9.42. The maximum Gasteiger partial charge on any atom is 0.257 e. The van der Waals surface area contributed by atoms with E-state index in [0.717, 1.165) is 0 Å². The zero-order chi connectivity index (χ0) is 21.9. The highest BCUT2D eigenvalue weighted by molar-refractivity contribution is 6.44. The van der Waals surface area contributed by atoms with Crippen molar-refractivity contribution in [3.05, 3.63) is 93.5 Å². The van der Waals surface area contributed by atoms with Gasteiger partial charge in [-0.2, -0.15) is 0 Å². The van der Waals surface area contributed by atoms with Gasteiger partial charge in [0.2, 0.25) is 0 Å². The van der Waals surface area contributed by atoms with Crippen molar-refractivity contribution in [2.24, 2.45) is 0 Å². The van der Waals surface area contributed by atoms with Crippen LogP contribution >= 0.6 is 23.2 Å². The largest absolute Gasteiger partial charge is 0.322 e. The van der Waals surface area contributed by atoms with Gasteiger partial charge in [-0.1, -0.05) is 62.2 Å². The van der Waals surface area contributed by atoms with E-state index >= 15 is 0 Å². The van der Waals surface area contributed by atoms with Gasteiger partial charge in [-0.3, -0.25) is 9.59 Å². The summed E-state index contributed by atoms with van der Waals surface area (Å²) < 4.78 is 0.